The molecule has 0 aliphatic rings. The van der Waals surface area contributed by atoms with E-state index < -0.39 is 11.7 Å². The second-order valence-corrected chi connectivity index (χ2v) is 10.2. The zero-order valence-electron chi connectivity index (χ0n) is 25.0. The maximum Gasteiger partial charge on any atom is 0.407 e. The normalized spacial score (nSPS) is 11.9. The third-order valence-electron chi connectivity index (χ3n) is 5.53. The number of aryl methyl sites for hydroxylation is 1. The maximum atomic E-state index is 12.3. The monoisotopic (exact) mass is 533 g/mol. The van der Waals surface area contributed by atoms with Gasteiger partial charge in [0.2, 0.25) is 0 Å². The van der Waals surface area contributed by atoms with Gasteiger partial charge in [0.15, 0.2) is 0 Å². The highest BCUT2D eigenvalue weighted by molar-refractivity contribution is 5.72. The van der Waals surface area contributed by atoms with E-state index in [1.807, 2.05) is 77.9 Å². The Morgan fingerprint density at radius 1 is 0.821 bits per heavy atom. The molecule has 0 fully saturated rings. The van der Waals surface area contributed by atoms with Gasteiger partial charge in [-0.1, -0.05) is 111 Å². The lowest BCUT2D eigenvalue weighted by molar-refractivity contribution is -0.147. The molecule has 3 aromatic carbocycles. The zero-order valence-corrected chi connectivity index (χ0v) is 25.0. The lowest BCUT2D eigenvalue weighted by atomic mass is 9.95. The van der Waals surface area contributed by atoms with Gasteiger partial charge < -0.3 is 14.8 Å². The Labute approximate surface area is 235 Å². The number of ether oxygens (including phenoxy) is 2. The number of carbonyl (C=O) groups excluding carboxylic acids is 2. The van der Waals surface area contributed by atoms with E-state index in [2.05, 4.69) is 60.8 Å². The van der Waals surface area contributed by atoms with Crippen LogP contribution in [0.2, 0.25) is 0 Å². The SMILES string of the molecule is CC.CCOC(=O)[C@H](C)C[C@@H](Cc1ccc(-c2ccccc2)cc1)NC(=O)OC(C)(C)C.Cc1ccccc1. The van der Waals surface area contributed by atoms with Gasteiger partial charge in [-0.25, -0.2) is 4.79 Å². The van der Waals surface area contributed by atoms with Crippen molar-refractivity contribution < 1.29 is 19.1 Å². The van der Waals surface area contributed by atoms with Crippen molar-refractivity contribution in [2.45, 2.75) is 79.9 Å². The minimum Gasteiger partial charge on any atom is -0.466 e. The summed E-state index contributed by atoms with van der Waals surface area (Å²) in [6, 6.07) is 28.4. The van der Waals surface area contributed by atoms with Crippen LogP contribution in [0.4, 0.5) is 4.79 Å². The predicted molar refractivity (Wildman–Crippen MR) is 162 cm³/mol. The Bertz CT molecular complexity index is 1070. The number of esters is 1. The second kappa shape index (κ2) is 17.8. The number of alkyl carbamates (subject to hydrolysis) is 1. The van der Waals surface area contributed by atoms with Crippen LogP contribution < -0.4 is 5.32 Å². The van der Waals surface area contributed by atoms with Crippen LogP contribution in [0, 0.1) is 12.8 Å². The Hall–Kier alpha value is -3.60. The van der Waals surface area contributed by atoms with E-state index in [9.17, 15) is 9.59 Å². The summed E-state index contributed by atoms with van der Waals surface area (Å²) in [5.41, 5.74) is 4.10. The topological polar surface area (TPSA) is 64.6 Å². The molecule has 212 valence electrons. The molecule has 0 saturated heterocycles. The van der Waals surface area contributed by atoms with E-state index in [-0.39, 0.29) is 17.9 Å². The van der Waals surface area contributed by atoms with Crippen molar-refractivity contribution in [2.75, 3.05) is 6.61 Å². The van der Waals surface area contributed by atoms with Crippen LogP contribution in [0.1, 0.15) is 66.0 Å². The van der Waals surface area contributed by atoms with Crippen LogP contribution in [0.3, 0.4) is 0 Å². The van der Waals surface area contributed by atoms with Crippen molar-refractivity contribution >= 4 is 12.1 Å². The van der Waals surface area contributed by atoms with Crippen LogP contribution in [0.25, 0.3) is 11.1 Å². The fraction of sp³-hybridized carbons (Fsp3) is 0.412. The molecule has 5 nitrogen and oxygen atoms in total. The van der Waals surface area contributed by atoms with Crippen LogP contribution in [-0.2, 0) is 20.7 Å². The molecule has 5 heteroatoms. The van der Waals surface area contributed by atoms with Crippen LogP contribution >= 0.6 is 0 Å². The average Bonchev–Trinajstić information content (AvgIpc) is 2.90. The smallest absolute Gasteiger partial charge is 0.407 e. The van der Waals surface area contributed by atoms with Gasteiger partial charge in [0.25, 0.3) is 0 Å². The molecule has 3 rings (SSSR count). The highest BCUT2D eigenvalue weighted by Crippen LogP contribution is 2.21. The summed E-state index contributed by atoms with van der Waals surface area (Å²) >= 11 is 0. The Balaban J connectivity index is 0.000000720. The summed E-state index contributed by atoms with van der Waals surface area (Å²) in [6.07, 6.45) is 0.584. The first-order valence-corrected chi connectivity index (χ1v) is 13.9. The molecule has 0 bridgehead atoms. The molecule has 2 atom stereocenters. The van der Waals surface area contributed by atoms with Gasteiger partial charge in [-0.15, -0.1) is 0 Å². The van der Waals surface area contributed by atoms with Gasteiger partial charge in [0.05, 0.1) is 12.5 Å². The molecule has 1 N–H and O–H groups in total. The predicted octanol–water partition coefficient (Wildman–Crippen LogP) is 8.40. The van der Waals surface area contributed by atoms with Crippen LogP contribution in [0.5, 0.6) is 0 Å². The minimum atomic E-state index is -0.585. The highest BCUT2D eigenvalue weighted by Gasteiger charge is 2.24. The van der Waals surface area contributed by atoms with Crippen molar-refractivity contribution in [3.8, 4) is 11.1 Å². The first kappa shape index (κ1) is 33.4. The quantitative estimate of drug-likeness (QED) is 0.295. The van der Waals surface area contributed by atoms with E-state index >= 15 is 0 Å². The van der Waals surface area contributed by atoms with E-state index in [4.69, 9.17) is 9.47 Å². The first-order valence-electron chi connectivity index (χ1n) is 13.9. The largest absolute Gasteiger partial charge is 0.466 e. The third kappa shape index (κ3) is 14.2. The number of hydrogen-bond donors (Lipinski definition) is 1. The number of carbonyl (C=O) groups is 2. The van der Waals surface area contributed by atoms with Crippen molar-refractivity contribution in [1.29, 1.82) is 0 Å². The Kier molecular flexibility index (Phi) is 15.3. The van der Waals surface area contributed by atoms with Crippen molar-refractivity contribution in [1.82, 2.24) is 5.32 Å². The standard InChI is InChI=1S/C25H33NO4.C7H8.C2H6/c1-6-29-23(27)18(2)16-22(26-24(28)30-25(3,4)5)17-19-12-14-21(15-13-19)20-10-8-7-9-11-20;1-7-5-3-2-4-6-7;1-2/h7-15,18,22H,6,16-17H2,1-5H3,(H,26,28);2-6H,1H3;1-2H3/t18-,22+;;/m1../s1. The van der Waals surface area contributed by atoms with Crippen molar-refractivity contribution in [3.05, 3.63) is 96.1 Å². The molecule has 0 heterocycles. The second-order valence-electron chi connectivity index (χ2n) is 10.2. The summed E-state index contributed by atoms with van der Waals surface area (Å²) in [7, 11) is 0. The summed E-state index contributed by atoms with van der Waals surface area (Å²) in [5, 5.41) is 2.93. The number of benzene rings is 3. The van der Waals surface area contributed by atoms with E-state index in [1.54, 1.807) is 6.92 Å². The highest BCUT2D eigenvalue weighted by atomic mass is 16.6. The summed E-state index contributed by atoms with van der Waals surface area (Å²) < 4.78 is 10.5. The van der Waals surface area contributed by atoms with Gasteiger partial charge >= 0.3 is 12.1 Å². The fourth-order valence-corrected chi connectivity index (χ4v) is 3.76. The maximum absolute atomic E-state index is 12.3. The zero-order chi connectivity index (χ0) is 29.3. The fourth-order valence-electron chi connectivity index (χ4n) is 3.76. The van der Waals surface area contributed by atoms with E-state index in [1.165, 1.54) is 5.56 Å². The van der Waals surface area contributed by atoms with Gasteiger partial charge in [-0.05, 0) is 64.2 Å². The van der Waals surface area contributed by atoms with E-state index in [0.29, 0.717) is 19.4 Å². The van der Waals surface area contributed by atoms with Gasteiger partial charge in [-0.3, -0.25) is 4.79 Å². The van der Waals surface area contributed by atoms with Gasteiger partial charge in [-0.2, -0.15) is 0 Å². The average molecular weight is 534 g/mol. The minimum absolute atomic E-state index is 0.248. The molecular weight excluding hydrogens is 486 g/mol. The Morgan fingerprint density at radius 2 is 1.33 bits per heavy atom. The summed E-state index contributed by atoms with van der Waals surface area (Å²) in [4.78, 5) is 24.4. The molecule has 0 aliphatic carbocycles. The van der Waals surface area contributed by atoms with Crippen LogP contribution in [0.15, 0.2) is 84.9 Å². The lowest BCUT2D eigenvalue weighted by Gasteiger charge is -2.25. The lowest BCUT2D eigenvalue weighted by Crippen LogP contribution is -2.41. The van der Waals surface area contributed by atoms with Gasteiger partial charge in [0, 0.05) is 6.04 Å². The molecule has 0 unspecified atom stereocenters. The Morgan fingerprint density at radius 3 is 1.79 bits per heavy atom. The molecule has 0 saturated carbocycles. The molecule has 0 spiro atoms. The number of rotatable bonds is 8. The third-order valence-corrected chi connectivity index (χ3v) is 5.53. The molecule has 1 amide bonds. The molecular formula is C34H47NO4. The summed E-state index contributed by atoms with van der Waals surface area (Å²) in [6.45, 7) is 15.5. The molecule has 0 aliphatic heterocycles. The molecule has 39 heavy (non-hydrogen) atoms. The molecule has 0 aromatic heterocycles. The molecule has 0 radical (unpaired) electrons. The molecule has 3 aromatic rings. The number of hydrogen-bond acceptors (Lipinski definition) is 4. The summed E-state index contributed by atoms with van der Waals surface area (Å²) in [5.74, 6) is -0.582. The number of nitrogens with one attached hydrogen (secondary N) is 1. The van der Waals surface area contributed by atoms with Crippen molar-refractivity contribution in [2.24, 2.45) is 5.92 Å². The number of amides is 1. The first-order chi connectivity index (χ1) is 18.6. The van der Waals surface area contributed by atoms with Crippen LogP contribution in [-0.4, -0.2) is 30.3 Å². The van der Waals surface area contributed by atoms with Crippen molar-refractivity contribution in [3.63, 3.8) is 0 Å². The van der Waals surface area contributed by atoms with Gasteiger partial charge in [0.1, 0.15) is 5.60 Å². The van der Waals surface area contributed by atoms with E-state index in [0.717, 1.165) is 16.7 Å².